The lowest BCUT2D eigenvalue weighted by atomic mass is 9.87. The van der Waals surface area contributed by atoms with Crippen molar-refractivity contribution in [2.75, 3.05) is 27.2 Å². The average molecular weight is 321 g/mol. The molecule has 128 valence electrons. The van der Waals surface area contributed by atoms with Crippen LogP contribution < -0.4 is 0 Å². The van der Waals surface area contributed by atoms with Gasteiger partial charge < -0.3 is 9.64 Å². The molecule has 1 unspecified atom stereocenters. The molecule has 1 saturated heterocycles. The molecule has 0 aliphatic carbocycles. The molecule has 2 aliphatic heterocycles. The zero-order chi connectivity index (χ0) is 17.8. The Morgan fingerprint density at radius 1 is 1.43 bits per heavy atom. The van der Waals surface area contributed by atoms with Gasteiger partial charge in [-0.2, -0.15) is 0 Å². The quantitative estimate of drug-likeness (QED) is 0.845. The number of nitrogens with zero attached hydrogens (tertiary/aromatic N) is 2. The molecule has 0 bridgehead atoms. The molecule has 1 fully saturated rings. The van der Waals surface area contributed by atoms with E-state index in [9.17, 15) is 9.59 Å². The lowest BCUT2D eigenvalue weighted by Crippen LogP contribution is -2.48. The number of nitrogens with one attached hydrogen (secondary N) is 1. The number of carbonyl (C=O) groups is 2. The van der Waals surface area contributed by atoms with Gasteiger partial charge in [-0.25, -0.2) is 0 Å². The van der Waals surface area contributed by atoms with E-state index in [4.69, 9.17) is 10.1 Å². The third kappa shape index (κ3) is 3.37. The van der Waals surface area contributed by atoms with E-state index in [0.29, 0.717) is 30.7 Å². The van der Waals surface area contributed by atoms with Crippen LogP contribution >= 0.6 is 0 Å². The van der Waals surface area contributed by atoms with Gasteiger partial charge in [0.25, 0.3) is 5.91 Å². The SMILES string of the molecule is C/C=C1\C=C(C2(OC)CCN(C(C)=O)C2)C(=O)N(C)C1=N.CC. The first-order valence-electron chi connectivity index (χ1n) is 7.92. The van der Waals surface area contributed by atoms with E-state index in [-0.39, 0.29) is 17.6 Å². The number of hydrogen-bond acceptors (Lipinski definition) is 4. The van der Waals surface area contributed by atoms with E-state index in [2.05, 4.69) is 0 Å². The molecule has 0 radical (unpaired) electrons. The van der Waals surface area contributed by atoms with Crippen LogP contribution in [-0.2, 0) is 14.3 Å². The molecule has 2 aliphatic rings. The molecule has 0 saturated carbocycles. The van der Waals surface area contributed by atoms with Crippen LogP contribution in [0.15, 0.2) is 23.3 Å². The number of rotatable bonds is 2. The van der Waals surface area contributed by atoms with Crippen LogP contribution in [0.25, 0.3) is 0 Å². The van der Waals surface area contributed by atoms with Gasteiger partial charge >= 0.3 is 0 Å². The molecule has 0 spiro atoms. The van der Waals surface area contributed by atoms with Crippen molar-refractivity contribution in [3.05, 3.63) is 23.3 Å². The Bertz CT molecular complexity index is 565. The maximum Gasteiger partial charge on any atom is 0.258 e. The monoisotopic (exact) mass is 321 g/mol. The summed E-state index contributed by atoms with van der Waals surface area (Å²) in [5.41, 5.74) is 0.413. The fraction of sp³-hybridized carbons (Fsp3) is 0.588. The van der Waals surface area contributed by atoms with E-state index >= 15 is 0 Å². The molecule has 0 aromatic rings. The molecule has 6 heteroatoms. The van der Waals surface area contributed by atoms with Gasteiger partial charge in [-0.05, 0) is 13.0 Å². The van der Waals surface area contributed by atoms with Crippen LogP contribution in [0.3, 0.4) is 0 Å². The maximum absolute atomic E-state index is 12.5. The number of amidine groups is 1. The topological polar surface area (TPSA) is 73.7 Å². The second-order valence-electron chi connectivity index (χ2n) is 5.40. The molecular formula is C17H27N3O3. The molecule has 2 rings (SSSR count). The van der Waals surface area contributed by atoms with Gasteiger partial charge in [0.15, 0.2) is 0 Å². The predicted octanol–water partition coefficient (Wildman–Crippen LogP) is 1.97. The summed E-state index contributed by atoms with van der Waals surface area (Å²) in [7, 11) is 3.15. The summed E-state index contributed by atoms with van der Waals surface area (Å²) in [6.07, 6.45) is 4.10. The van der Waals surface area contributed by atoms with Gasteiger partial charge in [0, 0.05) is 39.6 Å². The van der Waals surface area contributed by atoms with Gasteiger partial charge in [-0.3, -0.25) is 19.9 Å². The Morgan fingerprint density at radius 2 is 2.04 bits per heavy atom. The lowest BCUT2D eigenvalue weighted by Gasteiger charge is -2.35. The number of likely N-dealkylation sites (N-methyl/N-ethyl adjacent to an activating group) is 1. The Balaban J connectivity index is 0.00000127. The van der Waals surface area contributed by atoms with Crippen molar-refractivity contribution >= 4 is 17.6 Å². The van der Waals surface area contributed by atoms with Crippen LogP contribution in [0.4, 0.5) is 0 Å². The number of hydrogen-bond donors (Lipinski definition) is 1. The smallest absolute Gasteiger partial charge is 0.258 e. The minimum atomic E-state index is -0.786. The first-order chi connectivity index (χ1) is 10.9. The Labute approximate surface area is 138 Å². The maximum atomic E-state index is 12.5. The first-order valence-corrected chi connectivity index (χ1v) is 7.92. The fourth-order valence-corrected chi connectivity index (χ4v) is 2.86. The third-order valence-electron chi connectivity index (χ3n) is 4.31. The zero-order valence-electron chi connectivity index (χ0n) is 14.9. The highest BCUT2D eigenvalue weighted by atomic mass is 16.5. The minimum Gasteiger partial charge on any atom is -0.371 e. The van der Waals surface area contributed by atoms with Crippen molar-refractivity contribution in [3.8, 4) is 0 Å². The Hall–Kier alpha value is -1.95. The number of ether oxygens (including phenoxy) is 1. The van der Waals surface area contributed by atoms with Crippen LogP contribution in [-0.4, -0.2) is 60.3 Å². The second-order valence-corrected chi connectivity index (χ2v) is 5.40. The van der Waals surface area contributed by atoms with E-state index in [1.807, 2.05) is 20.8 Å². The Morgan fingerprint density at radius 3 is 2.48 bits per heavy atom. The van der Waals surface area contributed by atoms with Crippen LogP contribution in [0.1, 0.15) is 34.1 Å². The molecule has 0 aromatic heterocycles. The minimum absolute atomic E-state index is 0.0230. The summed E-state index contributed by atoms with van der Waals surface area (Å²) < 4.78 is 5.66. The molecular weight excluding hydrogens is 294 g/mol. The summed E-state index contributed by atoms with van der Waals surface area (Å²) in [4.78, 5) is 27.1. The molecule has 0 aromatic carbocycles. The van der Waals surface area contributed by atoms with Crippen molar-refractivity contribution in [3.63, 3.8) is 0 Å². The van der Waals surface area contributed by atoms with E-state index in [1.165, 1.54) is 11.8 Å². The van der Waals surface area contributed by atoms with Crippen molar-refractivity contribution < 1.29 is 14.3 Å². The molecule has 2 amide bonds. The highest BCUT2D eigenvalue weighted by Crippen LogP contribution is 2.36. The Kier molecular flexibility index (Phi) is 6.27. The van der Waals surface area contributed by atoms with Crippen molar-refractivity contribution in [1.82, 2.24) is 9.80 Å². The first kappa shape index (κ1) is 19.1. The summed E-state index contributed by atoms with van der Waals surface area (Å²) in [5.74, 6) is -0.0816. The fourth-order valence-electron chi connectivity index (χ4n) is 2.86. The van der Waals surface area contributed by atoms with Gasteiger partial charge in [0.05, 0.1) is 12.1 Å². The average Bonchev–Trinajstić information content (AvgIpc) is 3.01. The molecule has 23 heavy (non-hydrogen) atoms. The standard InChI is InChI=1S/C15H21N3O3.C2H6/c1-5-11-8-12(14(20)17(3)13(11)16)15(21-4)6-7-18(9-15)10(2)19;1-2/h5,8,16H,6-7,9H2,1-4H3;1-2H3/b11-5+,16-13?;. The number of carbonyl (C=O) groups excluding carboxylic acids is 2. The highest BCUT2D eigenvalue weighted by molar-refractivity contribution is 6.16. The van der Waals surface area contributed by atoms with E-state index in [0.717, 1.165) is 0 Å². The van der Waals surface area contributed by atoms with E-state index in [1.54, 1.807) is 31.2 Å². The van der Waals surface area contributed by atoms with E-state index < -0.39 is 5.60 Å². The number of likely N-dealkylation sites (tertiary alicyclic amines) is 1. The van der Waals surface area contributed by atoms with Crippen molar-refractivity contribution in [2.24, 2.45) is 0 Å². The molecule has 2 heterocycles. The largest absolute Gasteiger partial charge is 0.371 e. The number of methoxy groups -OCH3 is 1. The van der Waals surface area contributed by atoms with Gasteiger partial charge in [0.1, 0.15) is 11.4 Å². The second kappa shape index (κ2) is 7.55. The number of amides is 2. The number of allylic oxidation sites excluding steroid dienone is 1. The van der Waals surface area contributed by atoms with Gasteiger partial charge in [-0.1, -0.05) is 19.9 Å². The third-order valence-corrected chi connectivity index (χ3v) is 4.31. The normalized spacial score (nSPS) is 26.2. The lowest BCUT2D eigenvalue weighted by molar-refractivity contribution is -0.130. The molecule has 1 atom stereocenters. The summed E-state index contributed by atoms with van der Waals surface area (Å²) in [5, 5.41) is 7.96. The van der Waals surface area contributed by atoms with Crippen molar-refractivity contribution in [2.45, 2.75) is 39.7 Å². The highest BCUT2D eigenvalue weighted by Gasteiger charge is 2.47. The van der Waals surface area contributed by atoms with Crippen LogP contribution in [0, 0.1) is 5.41 Å². The summed E-state index contributed by atoms with van der Waals surface area (Å²) >= 11 is 0. The predicted molar refractivity (Wildman–Crippen MR) is 90.3 cm³/mol. The van der Waals surface area contributed by atoms with Gasteiger partial charge in [0.2, 0.25) is 5.91 Å². The molecule has 1 N–H and O–H groups in total. The summed E-state index contributed by atoms with van der Waals surface area (Å²) in [6, 6.07) is 0. The zero-order valence-corrected chi connectivity index (χ0v) is 14.9. The van der Waals surface area contributed by atoms with Crippen molar-refractivity contribution in [1.29, 1.82) is 5.41 Å². The molecule has 6 nitrogen and oxygen atoms in total. The van der Waals surface area contributed by atoms with Crippen LogP contribution in [0.5, 0.6) is 0 Å². The van der Waals surface area contributed by atoms with Gasteiger partial charge in [-0.15, -0.1) is 0 Å². The summed E-state index contributed by atoms with van der Waals surface area (Å²) in [6.45, 7) is 8.29. The van der Waals surface area contributed by atoms with Crippen LogP contribution in [0.2, 0.25) is 0 Å².